The number of carboxylic acids is 1. The molecule has 0 saturated heterocycles. The van der Waals surface area contributed by atoms with Crippen LogP contribution in [0.25, 0.3) is 0 Å². The van der Waals surface area contributed by atoms with Crippen molar-refractivity contribution in [3.05, 3.63) is 47.9 Å². The zero-order chi connectivity index (χ0) is 14.8. The molecule has 104 valence electrons. The van der Waals surface area contributed by atoms with Crippen molar-refractivity contribution >= 4 is 17.5 Å². The number of carbonyl (C=O) groups is 1. The lowest BCUT2D eigenvalue weighted by Gasteiger charge is -2.09. The summed E-state index contributed by atoms with van der Waals surface area (Å²) in [7, 11) is 0. The van der Waals surface area contributed by atoms with Gasteiger partial charge in [0.05, 0.1) is 5.56 Å². The highest BCUT2D eigenvalue weighted by molar-refractivity contribution is 5.89. The lowest BCUT2D eigenvalue weighted by molar-refractivity contribution is -0.144. The first kappa shape index (κ1) is 13.8. The zero-order valence-corrected chi connectivity index (χ0v) is 9.85. The number of nitrogens with one attached hydrogen (secondary N) is 1. The number of nitrogens with zero attached hydrogens (tertiary/aromatic N) is 2. The highest BCUT2D eigenvalue weighted by Gasteiger charge is 2.34. The molecule has 0 amide bonds. The number of hydrogen-bond acceptors (Lipinski definition) is 4. The molecule has 0 bridgehead atoms. The van der Waals surface area contributed by atoms with Crippen LogP contribution in [-0.4, -0.2) is 21.0 Å². The summed E-state index contributed by atoms with van der Waals surface area (Å²) in [5, 5.41) is 11.4. The van der Waals surface area contributed by atoms with Gasteiger partial charge in [0, 0.05) is 11.9 Å². The summed E-state index contributed by atoms with van der Waals surface area (Å²) in [6, 6.07) is 6.90. The Hall–Kier alpha value is -2.64. The molecule has 2 N–H and O–H groups in total. The van der Waals surface area contributed by atoms with Gasteiger partial charge < -0.3 is 10.4 Å². The number of alkyl halides is 3. The molecule has 0 saturated carbocycles. The van der Waals surface area contributed by atoms with E-state index in [1.807, 2.05) is 0 Å². The van der Waals surface area contributed by atoms with Gasteiger partial charge in [0.2, 0.25) is 5.82 Å². The second-order valence-electron chi connectivity index (χ2n) is 3.77. The van der Waals surface area contributed by atoms with Crippen LogP contribution in [0, 0.1) is 0 Å². The maximum Gasteiger partial charge on any atom is 0.451 e. The lowest BCUT2D eigenvalue weighted by atomic mass is 10.2. The molecular formula is C12H8F3N3O2. The lowest BCUT2D eigenvalue weighted by Crippen LogP contribution is -2.11. The third kappa shape index (κ3) is 3.22. The Kier molecular flexibility index (Phi) is 3.55. The summed E-state index contributed by atoms with van der Waals surface area (Å²) in [5.74, 6) is -2.47. The van der Waals surface area contributed by atoms with Crippen molar-refractivity contribution < 1.29 is 23.1 Å². The fourth-order valence-electron chi connectivity index (χ4n) is 1.44. The predicted octanol–water partition coefficient (Wildman–Crippen LogP) is 2.94. The van der Waals surface area contributed by atoms with Gasteiger partial charge in [-0.3, -0.25) is 0 Å². The van der Waals surface area contributed by atoms with Crippen LogP contribution in [0.2, 0.25) is 0 Å². The summed E-state index contributed by atoms with van der Waals surface area (Å²) in [6.45, 7) is 0. The minimum atomic E-state index is -4.64. The summed E-state index contributed by atoms with van der Waals surface area (Å²) in [5.41, 5.74) is 0.330. The van der Waals surface area contributed by atoms with Gasteiger partial charge in [-0.05, 0) is 24.3 Å². The zero-order valence-electron chi connectivity index (χ0n) is 9.85. The molecule has 0 aliphatic carbocycles. The number of aromatic nitrogens is 2. The Morgan fingerprint density at radius 1 is 1.25 bits per heavy atom. The molecule has 5 nitrogen and oxygen atoms in total. The van der Waals surface area contributed by atoms with E-state index in [-0.39, 0.29) is 11.4 Å². The SMILES string of the molecule is O=C(O)c1cccc(Nc2ccnc(C(F)(F)F)n2)c1. The third-order valence-corrected chi connectivity index (χ3v) is 2.29. The van der Waals surface area contributed by atoms with Crippen molar-refractivity contribution in [2.24, 2.45) is 0 Å². The molecule has 0 radical (unpaired) electrons. The van der Waals surface area contributed by atoms with Gasteiger partial charge in [0.1, 0.15) is 5.82 Å². The Bertz CT molecular complexity index is 644. The minimum Gasteiger partial charge on any atom is -0.478 e. The van der Waals surface area contributed by atoms with E-state index in [4.69, 9.17) is 5.11 Å². The minimum absolute atomic E-state index is 0.0140. The molecule has 0 unspecified atom stereocenters. The van der Waals surface area contributed by atoms with Gasteiger partial charge in [-0.25, -0.2) is 14.8 Å². The number of hydrogen-bond donors (Lipinski definition) is 2. The van der Waals surface area contributed by atoms with E-state index in [0.29, 0.717) is 5.69 Å². The van der Waals surface area contributed by atoms with E-state index >= 15 is 0 Å². The van der Waals surface area contributed by atoms with Gasteiger partial charge in [0.15, 0.2) is 0 Å². The monoisotopic (exact) mass is 283 g/mol. The van der Waals surface area contributed by atoms with Crippen LogP contribution >= 0.6 is 0 Å². The molecule has 8 heteroatoms. The van der Waals surface area contributed by atoms with Crippen LogP contribution in [0.4, 0.5) is 24.7 Å². The number of rotatable bonds is 3. The first-order valence-corrected chi connectivity index (χ1v) is 5.37. The Labute approximate surface area is 111 Å². The van der Waals surface area contributed by atoms with Crippen LogP contribution < -0.4 is 5.32 Å². The van der Waals surface area contributed by atoms with Gasteiger partial charge in [-0.1, -0.05) is 6.07 Å². The number of benzene rings is 1. The van der Waals surface area contributed by atoms with E-state index in [0.717, 1.165) is 6.20 Å². The maximum atomic E-state index is 12.4. The molecule has 0 aliphatic rings. The third-order valence-electron chi connectivity index (χ3n) is 2.29. The highest BCUT2D eigenvalue weighted by atomic mass is 19.4. The van der Waals surface area contributed by atoms with Gasteiger partial charge in [-0.15, -0.1) is 0 Å². The molecule has 2 rings (SSSR count). The second-order valence-corrected chi connectivity index (χ2v) is 3.77. The topological polar surface area (TPSA) is 75.1 Å². The predicted molar refractivity (Wildman–Crippen MR) is 63.7 cm³/mol. The van der Waals surface area contributed by atoms with Crippen LogP contribution in [0.1, 0.15) is 16.2 Å². The molecule has 20 heavy (non-hydrogen) atoms. The van der Waals surface area contributed by atoms with Gasteiger partial charge >= 0.3 is 12.1 Å². The van der Waals surface area contributed by atoms with Crippen LogP contribution in [0.5, 0.6) is 0 Å². The smallest absolute Gasteiger partial charge is 0.451 e. The largest absolute Gasteiger partial charge is 0.478 e. The Balaban J connectivity index is 2.26. The second kappa shape index (κ2) is 5.16. The standard InChI is InChI=1S/C12H8F3N3O2/c13-12(14,15)11-16-5-4-9(18-11)17-8-3-1-2-7(6-8)10(19)20/h1-6H,(H,19,20)(H,16,17,18). The molecule has 0 fully saturated rings. The van der Waals surface area contributed by atoms with E-state index in [1.165, 1.54) is 30.3 Å². The molecule has 1 aromatic heterocycles. The van der Waals surface area contributed by atoms with Crippen molar-refractivity contribution in [3.8, 4) is 0 Å². The highest BCUT2D eigenvalue weighted by Crippen LogP contribution is 2.27. The van der Waals surface area contributed by atoms with Crippen LogP contribution in [0.15, 0.2) is 36.5 Å². The van der Waals surface area contributed by atoms with E-state index in [9.17, 15) is 18.0 Å². The molecule has 2 aromatic rings. The average molecular weight is 283 g/mol. The molecular weight excluding hydrogens is 275 g/mol. The van der Waals surface area contributed by atoms with Crippen LogP contribution in [-0.2, 0) is 6.18 Å². The molecule has 1 heterocycles. The van der Waals surface area contributed by atoms with Gasteiger partial charge in [-0.2, -0.15) is 13.2 Å². The summed E-state index contributed by atoms with van der Waals surface area (Å²) >= 11 is 0. The average Bonchev–Trinajstić information content (AvgIpc) is 2.38. The van der Waals surface area contributed by atoms with E-state index < -0.39 is 18.0 Å². The first-order chi connectivity index (χ1) is 9.36. The van der Waals surface area contributed by atoms with Gasteiger partial charge in [0.25, 0.3) is 0 Å². The molecule has 1 aromatic carbocycles. The van der Waals surface area contributed by atoms with Crippen molar-refractivity contribution in [1.82, 2.24) is 9.97 Å². The molecule has 0 atom stereocenters. The van der Waals surface area contributed by atoms with Crippen molar-refractivity contribution in [3.63, 3.8) is 0 Å². The summed E-state index contributed by atoms with van der Waals surface area (Å²) in [6.07, 6.45) is -3.67. The first-order valence-electron chi connectivity index (χ1n) is 5.37. The number of aromatic carboxylic acids is 1. The van der Waals surface area contributed by atoms with E-state index in [1.54, 1.807) is 0 Å². The molecule has 0 aliphatic heterocycles. The molecule has 0 spiro atoms. The fraction of sp³-hybridized carbons (Fsp3) is 0.0833. The maximum absolute atomic E-state index is 12.4. The summed E-state index contributed by atoms with van der Waals surface area (Å²) < 4.78 is 37.3. The Morgan fingerprint density at radius 2 is 2.00 bits per heavy atom. The number of carboxylic acid groups (broad SMARTS) is 1. The van der Waals surface area contributed by atoms with Crippen molar-refractivity contribution in [2.45, 2.75) is 6.18 Å². The number of halogens is 3. The number of anilines is 2. The Morgan fingerprint density at radius 3 is 2.65 bits per heavy atom. The summed E-state index contributed by atoms with van der Waals surface area (Å²) in [4.78, 5) is 17.2. The normalized spacial score (nSPS) is 11.2. The van der Waals surface area contributed by atoms with E-state index in [2.05, 4.69) is 15.3 Å². The quantitative estimate of drug-likeness (QED) is 0.905. The van der Waals surface area contributed by atoms with Crippen LogP contribution in [0.3, 0.4) is 0 Å². The fourth-order valence-corrected chi connectivity index (χ4v) is 1.44. The van der Waals surface area contributed by atoms with Crippen molar-refractivity contribution in [1.29, 1.82) is 0 Å². The van der Waals surface area contributed by atoms with Crippen molar-refractivity contribution in [2.75, 3.05) is 5.32 Å².